The van der Waals surface area contributed by atoms with Gasteiger partial charge in [0, 0.05) is 6.08 Å². The molecule has 3 N–H and O–H groups in total. The number of carboxylic acids is 1. The number of carboxylic acid groups (broad SMARTS) is 1. The molecule has 5 heteroatoms. The lowest BCUT2D eigenvalue weighted by molar-refractivity contribution is -0.138. The minimum Gasteiger partial charge on any atom is -0.480 e. The van der Waals surface area contributed by atoms with Crippen LogP contribution in [0.15, 0.2) is 23.8 Å². The van der Waals surface area contributed by atoms with Gasteiger partial charge in [-0.3, -0.25) is 4.79 Å². The normalized spacial score (nSPS) is 17.2. The molecule has 0 aromatic carbocycles. The molecule has 1 aliphatic carbocycles. The zero-order valence-corrected chi connectivity index (χ0v) is 7.55. The summed E-state index contributed by atoms with van der Waals surface area (Å²) in [5.41, 5.74) is 15.2. The Morgan fingerprint density at radius 3 is 2.86 bits per heavy atom. The molecule has 0 amide bonds. The Bertz CT molecular complexity index is 351. The Morgan fingerprint density at radius 2 is 2.43 bits per heavy atom. The maximum atomic E-state index is 10.5. The van der Waals surface area contributed by atoms with E-state index in [1.54, 1.807) is 18.2 Å². The molecule has 0 fully saturated rings. The summed E-state index contributed by atoms with van der Waals surface area (Å²) in [5.74, 6) is -1.01. The predicted octanol–water partition coefficient (Wildman–Crippen LogP) is 0.345. The lowest BCUT2D eigenvalue weighted by Gasteiger charge is -2.08. The number of hydrogen-bond donors (Lipinski definition) is 2. The van der Waals surface area contributed by atoms with E-state index in [2.05, 4.69) is 4.79 Å². The maximum Gasteiger partial charge on any atom is 0.320 e. The zero-order chi connectivity index (χ0) is 10.6. The van der Waals surface area contributed by atoms with Crippen molar-refractivity contribution in [2.75, 3.05) is 0 Å². The van der Waals surface area contributed by atoms with Crippen LogP contribution in [0.25, 0.3) is 5.53 Å². The molecule has 0 heterocycles. The lowest BCUT2D eigenvalue weighted by atomic mass is 10.00. The molecule has 5 nitrogen and oxygen atoms in total. The second-order valence-electron chi connectivity index (χ2n) is 3.06. The van der Waals surface area contributed by atoms with Crippen molar-refractivity contribution in [1.29, 1.82) is 0 Å². The fraction of sp³-hybridized carbons (Fsp3) is 0.333. The highest BCUT2D eigenvalue weighted by atomic mass is 16.4. The minimum absolute atomic E-state index is 0.296. The van der Waals surface area contributed by atoms with Crippen LogP contribution in [0.3, 0.4) is 0 Å². The lowest BCUT2D eigenvalue weighted by Crippen LogP contribution is -2.30. The Labute approximate surface area is 81.2 Å². The predicted molar refractivity (Wildman–Crippen MR) is 50.7 cm³/mol. The van der Waals surface area contributed by atoms with E-state index in [1.807, 2.05) is 0 Å². The summed E-state index contributed by atoms with van der Waals surface area (Å²) in [6.07, 6.45) is 5.96. The van der Waals surface area contributed by atoms with Crippen LogP contribution in [0.5, 0.6) is 0 Å². The van der Waals surface area contributed by atoms with E-state index in [9.17, 15) is 4.79 Å². The largest absolute Gasteiger partial charge is 0.480 e. The summed E-state index contributed by atoms with van der Waals surface area (Å²) in [6, 6.07) is -0.876. The molecule has 0 aromatic rings. The van der Waals surface area contributed by atoms with E-state index in [0.29, 0.717) is 18.6 Å². The molecule has 74 valence electrons. The maximum absolute atomic E-state index is 10.5. The Hall–Kier alpha value is -1.71. The van der Waals surface area contributed by atoms with E-state index < -0.39 is 12.0 Å². The molecule has 0 saturated carbocycles. The Morgan fingerprint density at radius 1 is 1.71 bits per heavy atom. The van der Waals surface area contributed by atoms with Crippen molar-refractivity contribution in [3.8, 4) is 0 Å². The van der Waals surface area contributed by atoms with Crippen LogP contribution in [0, 0.1) is 0 Å². The van der Waals surface area contributed by atoms with Gasteiger partial charge in [0.2, 0.25) is 0 Å². The van der Waals surface area contributed by atoms with Crippen LogP contribution in [0.2, 0.25) is 0 Å². The molecule has 0 aromatic heterocycles. The molecular weight excluding hydrogens is 182 g/mol. The van der Waals surface area contributed by atoms with Gasteiger partial charge in [0.1, 0.15) is 6.04 Å². The fourth-order valence-corrected chi connectivity index (χ4v) is 1.14. The first-order valence-electron chi connectivity index (χ1n) is 4.20. The zero-order valence-electron chi connectivity index (χ0n) is 7.55. The summed E-state index contributed by atoms with van der Waals surface area (Å²) in [4.78, 5) is 13.5. The van der Waals surface area contributed by atoms with Crippen molar-refractivity contribution in [2.24, 2.45) is 5.73 Å². The molecule has 0 spiro atoms. The number of aliphatic carboxylic acids is 1. The number of allylic oxidation sites excluding steroid dienone is 3. The Balaban J connectivity index is 2.58. The number of rotatable bonds is 3. The molecule has 0 aliphatic heterocycles. The highest BCUT2D eigenvalue weighted by molar-refractivity contribution is 5.93. The van der Waals surface area contributed by atoms with Gasteiger partial charge in [-0.2, -0.15) is 4.79 Å². The first-order chi connectivity index (χ1) is 6.63. The molecule has 0 saturated heterocycles. The van der Waals surface area contributed by atoms with E-state index >= 15 is 0 Å². The van der Waals surface area contributed by atoms with Gasteiger partial charge in [0.15, 0.2) is 0 Å². The van der Waals surface area contributed by atoms with Crippen molar-refractivity contribution in [1.82, 2.24) is 0 Å². The molecule has 0 radical (unpaired) electrons. The van der Waals surface area contributed by atoms with Crippen molar-refractivity contribution in [3.05, 3.63) is 29.3 Å². The topological polar surface area (TPSA) is 99.7 Å². The van der Waals surface area contributed by atoms with Gasteiger partial charge in [0.25, 0.3) is 5.71 Å². The Kier molecular flexibility index (Phi) is 3.34. The van der Waals surface area contributed by atoms with Crippen molar-refractivity contribution in [3.63, 3.8) is 0 Å². The van der Waals surface area contributed by atoms with E-state index in [-0.39, 0.29) is 0 Å². The van der Waals surface area contributed by atoms with Gasteiger partial charge in [-0.05, 0) is 12.0 Å². The van der Waals surface area contributed by atoms with Crippen molar-refractivity contribution >= 4 is 11.7 Å². The first-order valence-corrected chi connectivity index (χ1v) is 4.20. The van der Waals surface area contributed by atoms with Crippen molar-refractivity contribution < 1.29 is 14.7 Å². The van der Waals surface area contributed by atoms with Crippen LogP contribution < -0.4 is 5.73 Å². The smallest absolute Gasteiger partial charge is 0.320 e. The first kappa shape index (κ1) is 10.4. The van der Waals surface area contributed by atoms with E-state index in [1.165, 1.54) is 0 Å². The van der Waals surface area contributed by atoms with Crippen LogP contribution in [0.1, 0.15) is 12.8 Å². The highest BCUT2D eigenvalue weighted by Gasteiger charge is 2.15. The average molecular weight is 193 g/mol. The summed E-state index contributed by atoms with van der Waals surface area (Å²) in [6.45, 7) is 0. The second kappa shape index (κ2) is 4.50. The van der Waals surface area contributed by atoms with Crippen LogP contribution >= 0.6 is 0 Å². The third-order valence-corrected chi connectivity index (χ3v) is 1.96. The minimum atomic E-state index is -1.01. The van der Waals surface area contributed by atoms with Crippen molar-refractivity contribution in [2.45, 2.75) is 18.9 Å². The summed E-state index contributed by atoms with van der Waals surface area (Å²) in [5, 5.41) is 8.57. The summed E-state index contributed by atoms with van der Waals surface area (Å²) < 4.78 is 0. The number of nitrogens with two attached hydrogens (primary N) is 1. The molecular formula is C9H11N3O2. The summed E-state index contributed by atoms with van der Waals surface area (Å²) >= 11 is 0. The fourth-order valence-electron chi connectivity index (χ4n) is 1.14. The van der Waals surface area contributed by atoms with Gasteiger partial charge in [-0.15, -0.1) is 0 Å². The van der Waals surface area contributed by atoms with Crippen LogP contribution in [-0.4, -0.2) is 27.6 Å². The average Bonchev–Trinajstić information content (AvgIpc) is 2.19. The van der Waals surface area contributed by atoms with E-state index in [4.69, 9.17) is 16.4 Å². The van der Waals surface area contributed by atoms with Gasteiger partial charge < -0.3 is 16.4 Å². The molecule has 1 aliphatic rings. The number of hydrogen-bond acceptors (Lipinski definition) is 2. The number of carbonyl (C=O) groups is 1. The second-order valence-corrected chi connectivity index (χ2v) is 3.06. The van der Waals surface area contributed by atoms with Gasteiger partial charge in [-0.25, -0.2) is 0 Å². The van der Waals surface area contributed by atoms with Gasteiger partial charge >= 0.3 is 5.97 Å². The summed E-state index contributed by atoms with van der Waals surface area (Å²) in [7, 11) is 0. The molecule has 1 atom stereocenters. The van der Waals surface area contributed by atoms with Gasteiger partial charge in [0.05, 0.1) is 6.42 Å². The van der Waals surface area contributed by atoms with Crippen LogP contribution in [-0.2, 0) is 4.79 Å². The van der Waals surface area contributed by atoms with Crippen LogP contribution in [0.4, 0.5) is 0 Å². The van der Waals surface area contributed by atoms with E-state index in [0.717, 1.165) is 5.57 Å². The molecule has 0 bridgehead atoms. The molecule has 1 rings (SSSR count). The quantitative estimate of drug-likeness (QED) is 0.499. The SMILES string of the molecule is [N-]=[N+]=C1C=CC(C[C@H](N)C(=O)O)=CC1. The monoisotopic (exact) mass is 193 g/mol. The number of nitrogens with zero attached hydrogens (tertiary/aromatic N) is 2. The van der Waals surface area contributed by atoms with Gasteiger partial charge in [-0.1, -0.05) is 12.2 Å². The standard InChI is InChI=1S/C9H11N3O2/c10-8(9(13)14)5-6-1-3-7(12-11)4-2-6/h1-3,8H,4-5,10H2,(H,13,14)/t8-/m0/s1. The third kappa shape index (κ3) is 2.65. The third-order valence-electron chi connectivity index (χ3n) is 1.96. The molecule has 0 unspecified atom stereocenters. The molecule has 14 heavy (non-hydrogen) atoms. The highest BCUT2D eigenvalue weighted by Crippen LogP contribution is 2.12.